The molecule has 0 spiro atoms. The second kappa shape index (κ2) is 7.75. The van der Waals surface area contributed by atoms with Crippen molar-refractivity contribution >= 4 is 33.7 Å². The van der Waals surface area contributed by atoms with Crippen LogP contribution in [0, 0.1) is 5.92 Å². The van der Waals surface area contributed by atoms with Crippen LogP contribution in [0.15, 0.2) is 90.5 Å². The molecular weight excluding hydrogens is 404 g/mol. The van der Waals surface area contributed by atoms with Gasteiger partial charge in [-0.3, -0.25) is 4.79 Å². The molecule has 5 heteroatoms. The Balaban J connectivity index is 1.80. The summed E-state index contributed by atoms with van der Waals surface area (Å²) in [6.07, 6.45) is 0. The van der Waals surface area contributed by atoms with Gasteiger partial charge in [0.2, 0.25) is 0 Å². The summed E-state index contributed by atoms with van der Waals surface area (Å²) in [5.74, 6) is -0.0218. The number of rotatable bonds is 4. The van der Waals surface area contributed by atoms with Crippen LogP contribution >= 0.6 is 11.8 Å². The van der Waals surface area contributed by atoms with E-state index in [4.69, 9.17) is 9.72 Å². The normalized spacial score (nSPS) is 20.9. The van der Waals surface area contributed by atoms with E-state index in [1.54, 1.807) is 11.8 Å². The number of imidazole rings is 1. The third-order valence-electron chi connectivity index (χ3n) is 5.88. The number of nitrogens with one attached hydrogen (secondary N) is 1. The number of ether oxygens (including phenoxy) is 1. The molecule has 0 bridgehead atoms. The first-order chi connectivity index (χ1) is 15.1. The van der Waals surface area contributed by atoms with Crippen LogP contribution in [-0.2, 0) is 14.3 Å². The molecular formula is C26H22N2O2S. The van der Waals surface area contributed by atoms with Crippen molar-refractivity contribution in [3.05, 3.63) is 107 Å². The van der Waals surface area contributed by atoms with Gasteiger partial charge in [0.25, 0.3) is 0 Å². The molecule has 1 N–H and O–H groups in total. The zero-order valence-corrected chi connectivity index (χ0v) is 18.1. The molecule has 31 heavy (non-hydrogen) atoms. The average Bonchev–Trinajstić information content (AvgIpc) is 3.39. The molecule has 1 aliphatic heterocycles. The summed E-state index contributed by atoms with van der Waals surface area (Å²) in [6.45, 7) is 2.03. The van der Waals surface area contributed by atoms with Crippen molar-refractivity contribution in [2.24, 2.45) is 5.92 Å². The maximum absolute atomic E-state index is 13.3. The maximum Gasteiger partial charge on any atom is 0.315 e. The van der Waals surface area contributed by atoms with Gasteiger partial charge in [-0.2, -0.15) is 0 Å². The summed E-state index contributed by atoms with van der Waals surface area (Å²) in [5, 5.41) is 0. The Morgan fingerprint density at radius 2 is 1.61 bits per heavy atom. The third-order valence-corrected chi connectivity index (χ3v) is 7.63. The largest absolute Gasteiger partial charge is 0.468 e. The van der Waals surface area contributed by atoms with E-state index in [0.29, 0.717) is 0 Å². The number of H-pyrrole nitrogens is 1. The smallest absolute Gasteiger partial charge is 0.315 e. The van der Waals surface area contributed by atoms with Gasteiger partial charge < -0.3 is 9.72 Å². The van der Waals surface area contributed by atoms with Crippen molar-refractivity contribution in [2.45, 2.75) is 11.7 Å². The molecule has 0 fully saturated rings. The molecule has 2 heterocycles. The van der Waals surface area contributed by atoms with E-state index in [9.17, 15) is 4.79 Å². The molecule has 0 saturated heterocycles. The summed E-state index contributed by atoms with van der Waals surface area (Å²) in [7, 11) is 1.45. The number of carbonyl (C=O) groups excluding carboxylic acids is 1. The highest BCUT2D eigenvalue weighted by molar-refractivity contribution is 8.09. The number of carbonyl (C=O) groups is 1. The number of fused-ring (bicyclic) bond motifs is 1. The monoisotopic (exact) mass is 426 g/mol. The molecule has 3 aromatic carbocycles. The number of esters is 1. The van der Waals surface area contributed by atoms with Crippen molar-refractivity contribution in [3.63, 3.8) is 0 Å². The van der Waals surface area contributed by atoms with Gasteiger partial charge in [0.1, 0.15) is 16.5 Å². The summed E-state index contributed by atoms with van der Waals surface area (Å²) >= 11 is 1.68. The lowest BCUT2D eigenvalue weighted by Crippen LogP contribution is -2.37. The van der Waals surface area contributed by atoms with Crippen LogP contribution in [0.25, 0.3) is 15.9 Å². The number of nitrogens with zero attached hydrogens (tertiary/aromatic N) is 1. The number of hydrogen-bond donors (Lipinski definition) is 1. The van der Waals surface area contributed by atoms with Crippen LogP contribution < -0.4 is 0 Å². The minimum Gasteiger partial charge on any atom is -0.468 e. The van der Waals surface area contributed by atoms with Gasteiger partial charge in [-0.05, 0) is 35.8 Å². The third kappa shape index (κ3) is 3.08. The molecule has 0 amide bonds. The van der Waals surface area contributed by atoms with Crippen molar-refractivity contribution in [3.8, 4) is 0 Å². The first-order valence-corrected chi connectivity index (χ1v) is 11.0. The lowest BCUT2D eigenvalue weighted by molar-refractivity contribution is -0.144. The van der Waals surface area contributed by atoms with E-state index in [2.05, 4.69) is 29.2 Å². The topological polar surface area (TPSA) is 55.0 Å². The molecule has 5 rings (SSSR count). The Morgan fingerprint density at radius 1 is 0.968 bits per heavy atom. The first-order valence-electron chi connectivity index (χ1n) is 10.2. The Labute approximate surface area is 185 Å². The number of hydrogen-bond acceptors (Lipinski definition) is 4. The Hall–Kier alpha value is -3.31. The molecule has 0 unspecified atom stereocenters. The molecule has 1 aliphatic rings. The second-order valence-electron chi connectivity index (χ2n) is 7.64. The highest BCUT2D eigenvalue weighted by atomic mass is 32.2. The van der Waals surface area contributed by atoms with Crippen LogP contribution in [0.3, 0.4) is 0 Å². The predicted octanol–water partition coefficient (Wildman–Crippen LogP) is 5.77. The average molecular weight is 427 g/mol. The van der Waals surface area contributed by atoms with Crippen LogP contribution in [-0.4, -0.2) is 23.0 Å². The zero-order valence-electron chi connectivity index (χ0n) is 17.3. The second-order valence-corrected chi connectivity index (χ2v) is 8.90. The molecule has 154 valence electrons. The zero-order chi connectivity index (χ0) is 21.4. The molecule has 4 aromatic rings. The van der Waals surface area contributed by atoms with E-state index < -0.39 is 10.7 Å². The summed E-state index contributed by atoms with van der Waals surface area (Å²) in [4.78, 5) is 22.8. The fraction of sp³-hybridized carbons (Fsp3) is 0.154. The minimum absolute atomic E-state index is 0.264. The number of aromatic nitrogens is 2. The quantitative estimate of drug-likeness (QED) is 0.421. The van der Waals surface area contributed by atoms with Crippen molar-refractivity contribution < 1.29 is 9.53 Å². The molecule has 0 aliphatic carbocycles. The fourth-order valence-electron chi connectivity index (χ4n) is 4.43. The van der Waals surface area contributed by atoms with Crippen molar-refractivity contribution in [1.29, 1.82) is 0 Å². The van der Waals surface area contributed by atoms with Gasteiger partial charge in [-0.25, -0.2) is 4.98 Å². The van der Waals surface area contributed by atoms with Gasteiger partial charge in [-0.1, -0.05) is 72.8 Å². The number of para-hydroxylation sites is 2. The summed E-state index contributed by atoms with van der Waals surface area (Å²) in [5.41, 5.74) is 4.92. The van der Waals surface area contributed by atoms with E-state index in [0.717, 1.165) is 38.5 Å². The Kier molecular flexibility index (Phi) is 4.91. The van der Waals surface area contributed by atoms with E-state index in [1.807, 2.05) is 67.6 Å². The summed E-state index contributed by atoms with van der Waals surface area (Å²) in [6, 6.07) is 28.3. The van der Waals surface area contributed by atoms with Gasteiger partial charge in [0, 0.05) is 4.91 Å². The molecule has 1 aromatic heterocycles. The van der Waals surface area contributed by atoms with Crippen LogP contribution in [0.5, 0.6) is 0 Å². The Bertz CT molecular complexity index is 1250. The lowest BCUT2D eigenvalue weighted by atomic mass is 9.80. The molecule has 4 nitrogen and oxygen atoms in total. The predicted molar refractivity (Wildman–Crippen MR) is 125 cm³/mol. The number of benzene rings is 3. The maximum atomic E-state index is 13.3. The summed E-state index contributed by atoms with van der Waals surface area (Å²) < 4.78 is 4.57. The van der Waals surface area contributed by atoms with Crippen molar-refractivity contribution in [2.75, 3.05) is 7.11 Å². The highest BCUT2D eigenvalue weighted by Crippen LogP contribution is 2.62. The molecule has 0 saturated carbocycles. The van der Waals surface area contributed by atoms with Gasteiger partial charge in [0.05, 0.1) is 18.1 Å². The fourth-order valence-corrected chi connectivity index (χ4v) is 6.13. The van der Waals surface area contributed by atoms with Crippen molar-refractivity contribution in [1.82, 2.24) is 9.97 Å². The SMILES string of the molecule is COC(=O)[C@@H]1C(C)=C(c2ccccc2)S[C@]1(c1ccccc1)c1nc2ccccc2[nH]1. The van der Waals surface area contributed by atoms with Gasteiger partial charge >= 0.3 is 5.97 Å². The Morgan fingerprint density at radius 3 is 2.29 bits per heavy atom. The van der Waals surface area contributed by atoms with Gasteiger partial charge in [0.15, 0.2) is 0 Å². The van der Waals surface area contributed by atoms with E-state index >= 15 is 0 Å². The van der Waals surface area contributed by atoms with Gasteiger partial charge in [-0.15, -0.1) is 11.8 Å². The van der Waals surface area contributed by atoms with Crippen LogP contribution in [0.1, 0.15) is 23.9 Å². The molecule has 2 atom stereocenters. The van der Waals surface area contributed by atoms with E-state index in [1.165, 1.54) is 7.11 Å². The van der Waals surface area contributed by atoms with E-state index in [-0.39, 0.29) is 5.97 Å². The number of methoxy groups -OCH3 is 1. The van der Waals surface area contributed by atoms with Crippen LogP contribution in [0.2, 0.25) is 0 Å². The van der Waals surface area contributed by atoms with Crippen LogP contribution in [0.4, 0.5) is 0 Å². The first kappa shape index (κ1) is 19.6. The highest BCUT2D eigenvalue weighted by Gasteiger charge is 2.56. The number of aromatic amines is 1. The minimum atomic E-state index is -0.761. The standard InChI is InChI=1S/C26H22N2O2S/c1-17-22(24(29)30-2)26(19-13-7-4-8-14-19,31-23(17)18-11-5-3-6-12-18)25-27-20-15-9-10-16-21(20)28-25/h3-16,22H,1-2H3,(H,27,28)/t22-,26-/m0/s1. The lowest BCUT2D eigenvalue weighted by Gasteiger charge is -2.33. The molecule has 0 radical (unpaired) electrons. The number of thioether (sulfide) groups is 1.